The summed E-state index contributed by atoms with van der Waals surface area (Å²) < 4.78 is 0. The SMILES string of the molecule is CCc1ccccc1.[BeH2].[HH].[HH].[LiH]. The van der Waals surface area contributed by atoms with Crippen LogP contribution in [-0.2, 0) is 6.42 Å². The molecule has 52 valence electrons. The van der Waals surface area contributed by atoms with Gasteiger partial charge in [-0.2, -0.15) is 0 Å². The number of hydrogen-bond donors (Lipinski definition) is 0. The third kappa shape index (κ3) is 3.91. The van der Waals surface area contributed by atoms with Crippen molar-refractivity contribution < 1.29 is 2.85 Å². The molecule has 0 amide bonds. The predicted octanol–water partition coefficient (Wildman–Crippen LogP) is 1.18. The van der Waals surface area contributed by atoms with Gasteiger partial charge in [-0.25, -0.2) is 0 Å². The van der Waals surface area contributed by atoms with Gasteiger partial charge in [0, 0.05) is 2.85 Å². The van der Waals surface area contributed by atoms with E-state index in [2.05, 4.69) is 31.2 Å². The molecule has 0 nitrogen and oxygen atoms in total. The van der Waals surface area contributed by atoms with Gasteiger partial charge in [0.1, 0.15) is 0 Å². The summed E-state index contributed by atoms with van der Waals surface area (Å²) in [6, 6.07) is 10.5. The van der Waals surface area contributed by atoms with Crippen LogP contribution in [0.25, 0.3) is 0 Å². The first-order valence-electron chi connectivity index (χ1n) is 2.97. The molecule has 0 radical (unpaired) electrons. The maximum atomic E-state index is 2.16. The molecule has 2 heteroatoms. The number of aryl methyl sites for hydroxylation is 1. The summed E-state index contributed by atoms with van der Waals surface area (Å²) >= 11 is 0. The zero-order valence-electron chi connectivity index (χ0n) is 5.09. The van der Waals surface area contributed by atoms with E-state index in [1.54, 1.807) is 0 Å². The van der Waals surface area contributed by atoms with Crippen molar-refractivity contribution in [3.8, 4) is 0 Å². The molecule has 0 saturated heterocycles. The fraction of sp³-hybridized carbons (Fsp3) is 0.250. The molecule has 0 atom stereocenters. The molecule has 0 aliphatic rings. The summed E-state index contributed by atoms with van der Waals surface area (Å²) in [5.74, 6) is 0. The van der Waals surface area contributed by atoms with Gasteiger partial charge in [-0.05, 0) is 12.0 Å². The van der Waals surface area contributed by atoms with Gasteiger partial charge in [-0.15, -0.1) is 0 Å². The van der Waals surface area contributed by atoms with Crippen LogP contribution >= 0.6 is 0 Å². The molecule has 0 aliphatic heterocycles. The molecule has 0 unspecified atom stereocenters. The quantitative estimate of drug-likeness (QED) is 0.499. The second-order valence-corrected chi connectivity index (χ2v) is 1.84. The molecule has 0 aliphatic carbocycles. The zero-order valence-corrected chi connectivity index (χ0v) is 5.09. The van der Waals surface area contributed by atoms with E-state index < -0.39 is 0 Å². The van der Waals surface area contributed by atoms with Gasteiger partial charge in [0.25, 0.3) is 0 Å². The van der Waals surface area contributed by atoms with Gasteiger partial charge in [-0.1, -0.05) is 37.3 Å². The van der Waals surface area contributed by atoms with E-state index in [-0.39, 0.29) is 31.8 Å². The van der Waals surface area contributed by atoms with Crippen LogP contribution in [0.2, 0.25) is 0 Å². The van der Waals surface area contributed by atoms with Gasteiger partial charge in [0.05, 0.1) is 0 Å². The number of hydrogen-bond acceptors (Lipinski definition) is 0. The Bertz CT molecular complexity index is 158. The molecule has 0 bridgehead atoms. The van der Waals surface area contributed by atoms with Crippen molar-refractivity contribution in [1.82, 2.24) is 0 Å². The molecule has 0 aromatic heterocycles. The van der Waals surface area contributed by atoms with Crippen LogP contribution in [0.1, 0.15) is 15.3 Å². The Kier molecular flexibility index (Phi) is 8.97. The van der Waals surface area contributed by atoms with Gasteiger partial charge in [0.2, 0.25) is 0 Å². The molecule has 10 heavy (non-hydrogen) atoms. The molecular weight excluding hydrogens is 112 g/mol. The van der Waals surface area contributed by atoms with E-state index in [0.717, 1.165) is 6.42 Å². The van der Waals surface area contributed by atoms with Crippen molar-refractivity contribution in [2.24, 2.45) is 0 Å². The first kappa shape index (κ1) is 12.6. The maximum absolute atomic E-state index is 2.16. The normalized spacial score (nSPS) is 7.30. The van der Waals surface area contributed by atoms with Crippen molar-refractivity contribution in [3.63, 3.8) is 0 Å². The van der Waals surface area contributed by atoms with Gasteiger partial charge in [-0.3, -0.25) is 0 Å². The molecule has 0 fully saturated rings. The van der Waals surface area contributed by atoms with E-state index >= 15 is 0 Å². The van der Waals surface area contributed by atoms with Crippen molar-refractivity contribution in [2.45, 2.75) is 13.3 Å². The Hall–Kier alpha value is -0.0138. The molecule has 0 heterocycles. The number of rotatable bonds is 1. The molecule has 0 saturated carbocycles. The Morgan fingerprint density at radius 2 is 1.70 bits per heavy atom. The first-order valence-corrected chi connectivity index (χ1v) is 2.97. The van der Waals surface area contributed by atoms with Crippen LogP contribution in [0.5, 0.6) is 0 Å². The summed E-state index contributed by atoms with van der Waals surface area (Å²) in [6.45, 7) is 2.16. The van der Waals surface area contributed by atoms with Gasteiger partial charge in [0.15, 0.2) is 0 Å². The van der Waals surface area contributed by atoms with Crippen molar-refractivity contribution >= 4 is 29.0 Å². The van der Waals surface area contributed by atoms with E-state index in [1.807, 2.05) is 6.07 Å². The zero-order chi connectivity index (χ0) is 5.82. The molecule has 1 rings (SSSR count). The summed E-state index contributed by atoms with van der Waals surface area (Å²) in [5, 5.41) is 0. The summed E-state index contributed by atoms with van der Waals surface area (Å²) in [4.78, 5) is 0. The van der Waals surface area contributed by atoms with Crippen LogP contribution in [0.3, 0.4) is 0 Å². The molecule has 0 spiro atoms. The molecule has 1 aromatic rings. The Balaban J connectivity index is -0.0000000800. The average molecular weight is 129 g/mol. The second-order valence-electron chi connectivity index (χ2n) is 1.84. The minimum absolute atomic E-state index is 0. The third-order valence-corrected chi connectivity index (χ3v) is 1.25. The van der Waals surface area contributed by atoms with Gasteiger partial charge < -0.3 is 0 Å². The van der Waals surface area contributed by atoms with Crippen LogP contribution < -0.4 is 0 Å². The average Bonchev–Trinajstić information content (AvgIpc) is 1.90. The topological polar surface area (TPSA) is 0 Å². The Labute approximate surface area is 81.4 Å². The second kappa shape index (κ2) is 7.10. The van der Waals surface area contributed by atoms with Crippen molar-refractivity contribution in [1.29, 1.82) is 0 Å². The summed E-state index contributed by atoms with van der Waals surface area (Å²) in [5.41, 5.74) is 1.41. The molecular formula is C8H17BeLi. The Morgan fingerprint density at radius 1 is 1.20 bits per heavy atom. The van der Waals surface area contributed by atoms with Crippen LogP contribution in [0, 0.1) is 0 Å². The van der Waals surface area contributed by atoms with Gasteiger partial charge >= 0.3 is 29.0 Å². The summed E-state index contributed by atoms with van der Waals surface area (Å²) in [6.07, 6.45) is 1.14. The van der Waals surface area contributed by atoms with E-state index in [4.69, 9.17) is 0 Å². The molecule has 1 aromatic carbocycles. The van der Waals surface area contributed by atoms with E-state index in [1.165, 1.54) is 5.56 Å². The third-order valence-electron chi connectivity index (χ3n) is 1.25. The first-order chi connectivity index (χ1) is 3.93. The summed E-state index contributed by atoms with van der Waals surface area (Å²) in [7, 11) is 0. The fourth-order valence-electron chi connectivity index (χ4n) is 0.714. The van der Waals surface area contributed by atoms with Crippen LogP contribution in [0.15, 0.2) is 30.3 Å². The molecule has 0 N–H and O–H groups in total. The Morgan fingerprint density at radius 3 is 2.00 bits per heavy atom. The minimum atomic E-state index is 0. The van der Waals surface area contributed by atoms with Crippen molar-refractivity contribution in [3.05, 3.63) is 35.9 Å². The van der Waals surface area contributed by atoms with Crippen LogP contribution in [0.4, 0.5) is 0 Å². The fourth-order valence-corrected chi connectivity index (χ4v) is 0.714. The number of benzene rings is 1. The van der Waals surface area contributed by atoms with E-state index in [0.29, 0.717) is 0 Å². The predicted molar refractivity (Wildman–Crippen MR) is 55.7 cm³/mol. The standard InChI is InChI=1S/C8H10.Be.Li.2H2.3H/c1-2-8-6-4-3-5-7-8;;;;;;;/h3-7H,2H2,1H3;;;2*1H;;;. The monoisotopic (exact) mass is 129 g/mol. The van der Waals surface area contributed by atoms with Crippen LogP contribution in [-0.4, -0.2) is 29.0 Å². The van der Waals surface area contributed by atoms with E-state index in [9.17, 15) is 0 Å². The van der Waals surface area contributed by atoms with Crippen molar-refractivity contribution in [2.75, 3.05) is 0 Å².